The minimum absolute atomic E-state index is 0.0624. The number of hydrogen-bond acceptors (Lipinski definition) is 1. The second-order valence-corrected chi connectivity index (χ2v) is 5.25. The normalized spacial score (nSPS) is 15.3. The number of fused-ring (bicyclic) bond motifs is 2. The predicted octanol–water partition coefficient (Wildman–Crippen LogP) is 4.23. The molecule has 2 aromatic rings. The topological polar surface area (TPSA) is 20.3 Å². The van der Waals surface area contributed by atoms with Crippen molar-refractivity contribution in [1.82, 2.24) is 0 Å². The SMILES string of the molecule is CC(C)N1C(=O)c2ccccc2/C=C\c2ccccc21. The van der Waals surface area contributed by atoms with Gasteiger partial charge in [0.15, 0.2) is 0 Å². The molecule has 20 heavy (non-hydrogen) atoms. The van der Waals surface area contributed by atoms with Crippen molar-refractivity contribution in [3.05, 3.63) is 65.2 Å². The van der Waals surface area contributed by atoms with Crippen molar-refractivity contribution in [3.63, 3.8) is 0 Å². The number of anilines is 1. The molecule has 100 valence electrons. The van der Waals surface area contributed by atoms with E-state index in [0.717, 1.165) is 22.4 Å². The molecule has 1 aliphatic heterocycles. The largest absolute Gasteiger partial charge is 0.305 e. The van der Waals surface area contributed by atoms with E-state index in [1.165, 1.54) is 0 Å². The molecule has 1 amide bonds. The molecule has 0 unspecified atom stereocenters. The number of nitrogens with zero attached hydrogens (tertiary/aromatic N) is 1. The van der Waals surface area contributed by atoms with Crippen LogP contribution in [-0.2, 0) is 0 Å². The Morgan fingerprint density at radius 3 is 2.20 bits per heavy atom. The maximum absolute atomic E-state index is 12.9. The maximum Gasteiger partial charge on any atom is 0.259 e. The Bertz CT molecular complexity index is 685. The van der Waals surface area contributed by atoms with Crippen LogP contribution in [-0.4, -0.2) is 11.9 Å². The third-order valence-corrected chi connectivity index (χ3v) is 3.57. The van der Waals surface area contributed by atoms with Crippen molar-refractivity contribution in [2.75, 3.05) is 4.90 Å². The Kier molecular flexibility index (Phi) is 3.15. The molecular formula is C18H17NO. The van der Waals surface area contributed by atoms with Crippen LogP contribution in [0.1, 0.15) is 35.3 Å². The van der Waals surface area contributed by atoms with Gasteiger partial charge in [-0.15, -0.1) is 0 Å². The van der Waals surface area contributed by atoms with Gasteiger partial charge >= 0.3 is 0 Å². The highest BCUT2D eigenvalue weighted by molar-refractivity contribution is 6.11. The Balaban J connectivity index is 2.27. The van der Waals surface area contributed by atoms with Crippen molar-refractivity contribution in [2.45, 2.75) is 19.9 Å². The van der Waals surface area contributed by atoms with Crippen molar-refractivity contribution in [3.8, 4) is 0 Å². The Morgan fingerprint density at radius 1 is 0.850 bits per heavy atom. The van der Waals surface area contributed by atoms with E-state index in [1.807, 2.05) is 73.4 Å². The van der Waals surface area contributed by atoms with Gasteiger partial charge in [0.2, 0.25) is 0 Å². The summed E-state index contributed by atoms with van der Waals surface area (Å²) in [5.74, 6) is 0.0624. The second kappa shape index (κ2) is 4.97. The molecular weight excluding hydrogens is 246 g/mol. The summed E-state index contributed by atoms with van der Waals surface area (Å²) in [5.41, 5.74) is 3.77. The lowest BCUT2D eigenvalue weighted by atomic mass is 9.99. The van der Waals surface area contributed by atoms with E-state index in [0.29, 0.717) is 0 Å². The smallest absolute Gasteiger partial charge is 0.259 e. The van der Waals surface area contributed by atoms with E-state index < -0.39 is 0 Å². The van der Waals surface area contributed by atoms with E-state index in [1.54, 1.807) is 0 Å². The third kappa shape index (κ3) is 2.03. The van der Waals surface area contributed by atoms with Gasteiger partial charge in [-0.25, -0.2) is 0 Å². The Labute approximate surface area is 119 Å². The first-order valence-electron chi connectivity index (χ1n) is 6.88. The van der Waals surface area contributed by atoms with Gasteiger partial charge in [-0.2, -0.15) is 0 Å². The summed E-state index contributed by atoms with van der Waals surface area (Å²) in [4.78, 5) is 14.8. The summed E-state index contributed by atoms with van der Waals surface area (Å²) in [6.07, 6.45) is 4.10. The Hall–Kier alpha value is -2.35. The van der Waals surface area contributed by atoms with Crippen LogP contribution >= 0.6 is 0 Å². The van der Waals surface area contributed by atoms with Gasteiger partial charge in [0.05, 0.1) is 5.69 Å². The van der Waals surface area contributed by atoms with Crippen LogP contribution in [0.5, 0.6) is 0 Å². The molecule has 0 fully saturated rings. The molecule has 0 spiro atoms. The first-order chi connectivity index (χ1) is 9.68. The standard InChI is InChI=1S/C18H17NO/c1-13(2)19-17-10-6-4-8-15(17)12-11-14-7-3-5-9-16(14)18(19)20/h3-13H,1-2H3/b12-11-. The van der Waals surface area contributed by atoms with E-state index in [2.05, 4.69) is 6.08 Å². The zero-order valence-electron chi connectivity index (χ0n) is 11.7. The van der Waals surface area contributed by atoms with Gasteiger partial charge in [-0.1, -0.05) is 48.6 Å². The molecule has 2 nitrogen and oxygen atoms in total. The highest BCUT2D eigenvalue weighted by atomic mass is 16.2. The number of hydrogen-bond donors (Lipinski definition) is 0. The maximum atomic E-state index is 12.9. The molecule has 0 saturated carbocycles. The molecule has 3 rings (SSSR count). The van der Waals surface area contributed by atoms with Crippen LogP contribution in [0.2, 0.25) is 0 Å². The van der Waals surface area contributed by atoms with Crippen LogP contribution in [0, 0.1) is 0 Å². The molecule has 1 aliphatic rings. The van der Waals surface area contributed by atoms with E-state index in [-0.39, 0.29) is 11.9 Å². The minimum Gasteiger partial charge on any atom is -0.305 e. The number of amides is 1. The molecule has 0 aliphatic carbocycles. The van der Waals surface area contributed by atoms with Crippen LogP contribution in [0.3, 0.4) is 0 Å². The van der Waals surface area contributed by atoms with Gasteiger partial charge in [0.25, 0.3) is 5.91 Å². The number of para-hydroxylation sites is 1. The molecule has 1 heterocycles. The highest BCUT2D eigenvalue weighted by Gasteiger charge is 2.24. The van der Waals surface area contributed by atoms with Gasteiger partial charge in [0.1, 0.15) is 0 Å². The zero-order chi connectivity index (χ0) is 14.1. The predicted molar refractivity (Wildman–Crippen MR) is 83.8 cm³/mol. The number of benzene rings is 2. The summed E-state index contributed by atoms with van der Waals surface area (Å²) in [5, 5.41) is 0. The van der Waals surface area contributed by atoms with Crippen LogP contribution in [0.4, 0.5) is 5.69 Å². The molecule has 2 aromatic carbocycles. The summed E-state index contributed by atoms with van der Waals surface area (Å²) in [7, 11) is 0. The van der Waals surface area contributed by atoms with Crippen molar-refractivity contribution >= 4 is 23.7 Å². The molecule has 0 radical (unpaired) electrons. The number of carbonyl (C=O) groups excluding carboxylic acids is 1. The fourth-order valence-corrected chi connectivity index (χ4v) is 2.62. The van der Waals surface area contributed by atoms with E-state index in [4.69, 9.17) is 0 Å². The first-order valence-corrected chi connectivity index (χ1v) is 6.88. The molecule has 0 bridgehead atoms. The van der Waals surface area contributed by atoms with Gasteiger partial charge < -0.3 is 4.90 Å². The highest BCUT2D eigenvalue weighted by Crippen LogP contribution is 2.29. The fraction of sp³-hybridized carbons (Fsp3) is 0.167. The van der Waals surface area contributed by atoms with Crippen LogP contribution in [0.25, 0.3) is 12.2 Å². The van der Waals surface area contributed by atoms with Crippen LogP contribution in [0.15, 0.2) is 48.5 Å². The summed E-state index contributed by atoms with van der Waals surface area (Å²) < 4.78 is 0. The lowest BCUT2D eigenvalue weighted by Crippen LogP contribution is -2.38. The average molecular weight is 263 g/mol. The van der Waals surface area contributed by atoms with Crippen LogP contribution < -0.4 is 4.90 Å². The monoisotopic (exact) mass is 263 g/mol. The number of rotatable bonds is 1. The van der Waals surface area contributed by atoms with Crippen molar-refractivity contribution in [1.29, 1.82) is 0 Å². The summed E-state index contributed by atoms with van der Waals surface area (Å²) in [6, 6.07) is 15.9. The second-order valence-electron chi connectivity index (χ2n) is 5.25. The summed E-state index contributed by atoms with van der Waals surface area (Å²) in [6.45, 7) is 4.09. The summed E-state index contributed by atoms with van der Waals surface area (Å²) >= 11 is 0. The number of carbonyl (C=O) groups is 1. The third-order valence-electron chi connectivity index (χ3n) is 3.57. The van der Waals surface area contributed by atoms with E-state index >= 15 is 0 Å². The molecule has 0 saturated heterocycles. The molecule has 0 aromatic heterocycles. The quantitative estimate of drug-likeness (QED) is 0.754. The molecule has 2 heteroatoms. The van der Waals surface area contributed by atoms with Gasteiger partial charge in [0, 0.05) is 11.6 Å². The van der Waals surface area contributed by atoms with E-state index in [9.17, 15) is 4.79 Å². The minimum atomic E-state index is 0.0624. The lowest BCUT2D eigenvalue weighted by molar-refractivity contribution is 0.0980. The molecule has 0 N–H and O–H groups in total. The average Bonchev–Trinajstić information content (AvgIpc) is 2.45. The Morgan fingerprint density at radius 2 is 1.45 bits per heavy atom. The first kappa shape index (κ1) is 12.7. The van der Waals surface area contributed by atoms with Crippen molar-refractivity contribution in [2.24, 2.45) is 0 Å². The lowest BCUT2D eigenvalue weighted by Gasteiger charge is -2.30. The van der Waals surface area contributed by atoms with Gasteiger partial charge in [-0.05, 0) is 37.1 Å². The van der Waals surface area contributed by atoms with Gasteiger partial charge in [-0.3, -0.25) is 4.79 Å². The van der Waals surface area contributed by atoms with Crippen molar-refractivity contribution < 1.29 is 4.79 Å². The fourth-order valence-electron chi connectivity index (χ4n) is 2.62. The molecule has 0 atom stereocenters. The zero-order valence-corrected chi connectivity index (χ0v) is 11.7.